The van der Waals surface area contributed by atoms with Crippen LogP contribution in [0.5, 0.6) is 0 Å². The smallest absolute Gasteiger partial charge is 0.172 e. The van der Waals surface area contributed by atoms with Crippen molar-refractivity contribution in [3.8, 4) is 0 Å². The van der Waals surface area contributed by atoms with Crippen LogP contribution < -0.4 is 0 Å². The normalized spacial score (nSPS) is 48.9. The molecule has 0 radical (unpaired) electrons. The molecule has 3 aliphatic heterocycles. The van der Waals surface area contributed by atoms with Crippen molar-refractivity contribution in [1.29, 1.82) is 0 Å². The molecule has 0 amide bonds. The minimum Gasteiger partial charge on any atom is -0.350 e. The third kappa shape index (κ3) is 1.89. The Balaban J connectivity index is 1.70. The summed E-state index contributed by atoms with van der Waals surface area (Å²) < 4.78 is 18.2. The van der Waals surface area contributed by atoms with Crippen molar-refractivity contribution >= 4 is 0 Å². The highest BCUT2D eigenvalue weighted by atomic mass is 16.8. The van der Waals surface area contributed by atoms with Crippen LogP contribution in [0.25, 0.3) is 0 Å². The molecule has 0 aromatic rings. The first-order valence-corrected chi connectivity index (χ1v) is 6.74. The number of ether oxygens (including phenoxy) is 3. The Labute approximate surface area is 97.4 Å². The Morgan fingerprint density at radius 3 is 2.50 bits per heavy atom. The predicted octanol–water partition coefficient (Wildman–Crippen LogP) is 2.98. The summed E-state index contributed by atoms with van der Waals surface area (Å²) in [7, 11) is 0. The lowest BCUT2D eigenvalue weighted by Crippen LogP contribution is -2.44. The summed E-state index contributed by atoms with van der Waals surface area (Å²) in [5.41, 5.74) is 0. The van der Waals surface area contributed by atoms with Crippen LogP contribution in [-0.4, -0.2) is 24.3 Å². The minimum atomic E-state index is -0.311. The van der Waals surface area contributed by atoms with Crippen molar-refractivity contribution in [3.05, 3.63) is 0 Å². The van der Waals surface area contributed by atoms with Gasteiger partial charge in [0.25, 0.3) is 0 Å². The van der Waals surface area contributed by atoms with Gasteiger partial charge in [0.15, 0.2) is 11.6 Å². The fraction of sp³-hybridized carbons (Fsp3) is 1.00. The number of hydrogen-bond donors (Lipinski definition) is 0. The first-order valence-electron chi connectivity index (χ1n) is 6.74. The van der Waals surface area contributed by atoms with Gasteiger partial charge in [0, 0.05) is 25.7 Å². The Kier molecular flexibility index (Phi) is 2.73. The molecule has 3 heterocycles. The molecular weight excluding hydrogens is 204 g/mol. The first kappa shape index (κ1) is 11.0. The van der Waals surface area contributed by atoms with E-state index in [1.54, 1.807) is 0 Å². The van der Waals surface area contributed by atoms with E-state index in [1.807, 2.05) is 0 Å². The highest BCUT2D eigenvalue weighted by molar-refractivity contribution is 4.90. The molecule has 16 heavy (non-hydrogen) atoms. The topological polar surface area (TPSA) is 27.7 Å². The van der Waals surface area contributed by atoms with E-state index in [1.165, 1.54) is 25.7 Å². The van der Waals surface area contributed by atoms with Gasteiger partial charge >= 0.3 is 0 Å². The molecule has 3 atom stereocenters. The zero-order valence-corrected chi connectivity index (χ0v) is 10.2. The van der Waals surface area contributed by atoms with Crippen LogP contribution in [0, 0.1) is 0 Å². The van der Waals surface area contributed by atoms with Crippen molar-refractivity contribution in [3.63, 3.8) is 0 Å². The molecule has 0 saturated carbocycles. The largest absolute Gasteiger partial charge is 0.350 e. The summed E-state index contributed by atoms with van der Waals surface area (Å²) in [6, 6.07) is 0. The zero-order valence-electron chi connectivity index (χ0n) is 10.2. The van der Waals surface area contributed by atoms with Crippen LogP contribution in [0.2, 0.25) is 0 Å². The van der Waals surface area contributed by atoms with Gasteiger partial charge in [-0.05, 0) is 32.6 Å². The van der Waals surface area contributed by atoms with Crippen LogP contribution in [-0.2, 0) is 14.2 Å². The Morgan fingerprint density at radius 2 is 1.75 bits per heavy atom. The molecule has 3 aliphatic rings. The van der Waals surface area contributed by atoms with Crippen LogP contribution in [0.15, 0.2) is 0 Å². The molecule has 3 heteroatoms. The van der Waals surface area contributed by atoms with Gasteiger partial charge < -0.3 is 14.2 Å². The number of rotatable bonds is 0. The molecule has 3 fully saturated rings. The van der Waals surface area contributed by atoms with Crippen molar-refractivity contribution in [1.82, 2.24) is 0 Å². The van der Waals surface area contributed by atoms with Gasteiger partial charge in [-0.25, -0.2) is 0 Å². The second-order valence-corrected chi connectivity index (χ2v) is 5.55. The van der Waals surface area contributed by atoms with Gasteiger partial charge in [-0.1, -0.05) is 0 Å². The molecule has 0 N–H and O–H groups in total. The molecule has 1 unspecified atom stereocenters. The summed E-state index contributed by atoms with van der Waals surface area (Å²) in [4.78, 5) is 0. The van der Waals surface area contributed by atoms with Gasteiger partial charge in [0.1, 0.15) is 0 Å². The summed E-state index contributed by atoms with van der Waals surface area (Å²) >= 11 is 0. The SMILES string of the molecule is CC1CCC[C@@]2(CC[C@@]3(CCCCO3)O2)O1. The van der Waals surface area contributed by atoms with Gasteiger partial charge in [0.2, 0.25) is 0 Å². The summed E-state index contributed by atoms with van der Waals surface area (Å²) in [5, 5.41) is 0. The molecule has 3 nitrogen and oxygen atoms in total. The summed E-state index contributed by atoms with van der Waals surface area (Å²) in [5.74, 6) is -0.607. The fourth-order valence-corrected chi connectivity index (χ4v) is 3.33. The van der Waals surface area contributed by atoms with E-state index in [9.17, 15) is 0 Å². The summed E-state index contributed by atoms with van der Waals surface area (Å²) in [6.45, 7) is 3.00. The lowest BCUT2D eigenvalue weighted by Gasteiger charge is -2.40. The third-order valence-electron chi connectivity index (χ3n) is 4.16. The highest BCUT2D eigenvalue weighted by Crippen LogP contribution is 2.48. The third-order valence-corrected chi connectivity index (χ3v) is 4.16. The second-order valence-electron chi connectivity index (χ2n) is 5.55. The molecule has 2 spiro atoms. The molecule has 0 bridgehead atoms. The molecule has 0 aromatic carbocycles. The van der Waals surface area contributed by atoms with Crippen molar-refractivity contribution in [2.75, 3.05) is 6.61 Å². The van der Waals surface area contributed by atoms with Crippen molar-refractivity contribution in [2.45, 2.75) is 76.0 Å². The second kappa shape index (κ2) is 3.97. The fourth-order valence-electron chi connectivity index (χ4n) is 3.33. The van der Waals surface area contributed by atoms with E-state index < -0.39 is 0 Å². The molecule has 3 rings (SSSR count). The van der Waals surface area contributed by atoms with E-state index >= 15 is 0 Å². The molecule has 3 saturated heterocycles. The van der Waals surface area contributed by atoms with E-state index in [4.69, 9.17) is 14.2 Å². The Morgan fingerprint density at radius 1 is 0.938 bits per heavy atom. The van der Waals surface area contributed by atoms with E-state index in [-0.39, 0.29) is 11.6 Å². The maximum Gasteiger partial charge on any atom is 0.172 e. The summed E-state index contributed by atoms with van der Waals surface area (Å²) in [6.07, 6.45) is 9.25. The molecule has 92 valence electrons. The van der Waals surface area contributed by atoms with E-state index in [0.717, 1.165) is 32.3 Å². The molecular formula is C13H22O3. The predicted molar refractivity (Wildman–Crippen MR) is 60.0 cm³/mol. The van der Waals surface area contributed by atoms with Gasteiger partial charge in [-0.2, -0.15) is 0 Å². The molecule has 0 aromatic heterocycles. The monoisotopic (exact) mass is 226 g/mol. The van der Waals surface area contributed by atoms with E-state index in [0.29, 0.717) is 6.10 Å². The average molecular weight is 226 g/mol. The minimum absolute atomic E-state index is 0.296. The van der Waals surface area contributed by atoms with Gasteiger partial charge in [-0.3, -0.25) is 0 Å². The van der Waals surface area contributed by atoms with Crippen LogP contribution >= 0.6 is 0 Å². The average Bonchev–Trinajstić information content (AvgIpc) is 2.58. The van der Waals surface area contributed by atoms with Gasteiger partial charge in [-0.15, -0.1) is 0 Å². The van der Waals surface area contributed by atoms with Crippen LogP contribution in [0.3, 0.4) is 0 Å². The first-order chi connectivity index (χ1) is 7.72. The Hall–Kier alpha value is -0.120. The maximum atomic E-state index is 6.24. The van der Waals surface area contributed by atoms with Gasteiger partial charge in [0.05, 0.1) is 12.7 Å². The standard InChI is InChI=1S/C13H22O3/c1-11-5-4-7-13(15-11)9-8-12(16-13)6-2-3-10-14-12/h11H,2-10H2,1H3/t11?,12-,13-/m1/s1. The van der Waals surface area contributed by atoms with Crippen molar-refractivity contribution < 1.29 is 14.2 Å². The van der Waals surface area contributed by atoms with Crippen molar-refractivity contribution in [2.24, 2.45) is 0 Å². The molecule has 0 aliphatic carbocycles. The van der Waals surface area contributed by atoms with Crippen LogP contribution in [0.4, 0.5) is 0 Å². The highest BCUT2D eigenvalue weighted by Gasteiger charge is 2.52. The zero-order chi connectivity index (χ0) is 11.1. The quantitative estimate of drug-likeness (QED) is 0.635. The lowest BCUT2D eigenvalue weighted by molar-refractivity contribution is -0.347. The van der Waals surface area contributed by atoms with E-state index in [2.05, 4.69) is 6.92 Å². The maximum absolute atomic E-state index is 6.24. The Bertz CT molecular complexity index is 260. The number of hydrogen-bond acceptors (Lipinski definition) is 3. The lowest BCUT2D eigenvalue weighted by atomic mass is 9.97. The van der Waals surface area contributed by atoms with Crippen LogP contribution in [0.1, 0.15) is 58.3 Å².